The molecule has 0 aliphatic heterocycles. The van der Waals surface area contributed by atoms with Gasteiger partial charge in [-0.3, -0.25) is 14.2 Å². The van der Waals surface area contributed by atoms with Crippen molar-refractivity contribution in [3.8, 4) is 5.69 Å². The first-order valence-electron chi connectivity index (χ1n) is 9.09. The van der Waals surface area contributed by atoms with E-state index < -0.39 is 38.6 Å². The quantitative estimate of drug-likeness (QED) is 0.405. The van der Waals surface area contributed by atoms with Crippen LogP contribution in [0.5, 0.6) is 0 Å². The molecule has 0 aliphatic carbocycles. The first kappa shape index (κ1) is 22.3. The molecule has 0 fully saturated rings. The van der Waals surface area contributed by atoms with Crippen LogP contribution in [0.3, 0.4) is 0 Å². The molecular formula is C21H13ClF2N2O4S2. The molecule has 0 radical (unpaired) electrons. The van der Waals surface area contributed by atoms with Crippen LogP contribution in [-0.2, 0) is 21.1 Å². The Morgan fingerprint density at radius 3 is 2.56 bits per heavy atom. The van der Waals surface area contributed by atoms with Crippen molar-refractivity contribution in [2.24, 2.45) is 0 Å². The Morgan fingerprint density at radius 2 is 1.88 bits per heavy atom. The van der Waals surface area contributed by atoms with Gasteiger partial charge < -0.3 is 0 Å². The molecule has 32 heavy (non-hydrogen) atoms. The second-order valence-electron chi connectivity index (χ2n) is 6.90. The second kappa shape index (κ2) is 8.53. The number of nitrogens with zero attached hydrogens (tertiary/aromatic N) is 2. The number of Topliss-reactive ketones (excluding diaryl/α,β-unsaturated/α-hetero) is 1. The topological polar surface area (TPSA) is 86.1 Å². The van der Waals surface area contributed by atoms with Crippen molar-refractivity contribution in [3.63, 3.8) is 0 Å². The lowest BCUT2D eigenvalue weighted by atomic mass is 10.1. The third-order valence-electron chi connectivity index (χ3n) is 4.60. The number of thiophene rings is 1. The van der Waals surface area contributed by atoms with Gasteiger partial charge in [0.2, 0.25) is 0 Å². The summed E-state index contributed by atoms with van der Waals surface area (Å²) in [6, 6.07) is 10.0. The highest BCUT2D eigenvalue weighted by atomic mass is 35.5. The molecule has 0 unspecified atom stereocenters. The number of aromatic nitrogens is 2. The minimum atomic E-state index is -3.84. The summed E-state index contributed by atoms with van der Waals surface area (Å²) in [4.78, 5) is 29.0. The first-order valence-corrected chi connectivity index (χ1v) is 11.9. The number of hydrogen-bond donors (Lipinski definition) is 0. The van der Waals surface area contributed by atoms with Gasteiger partial charge in [-0.25, -0.2) is 22.2 Å². The van der Waals surface area contributed by atoms with E-state index in [0.717, 1.165) is 34.4 Å². The minimum absolute atomic E-state index is 0.00922. The maximum Gasteiger partial charge on any atom is 0.265 e. The summed E-state index contributed by atoms with van der Waals surface area (Å²) in [6.45, 7) is 0. The zero-order chi connectivity index (χ0) is 23.0. The standard InChI is InChI=1S/C21H13ClF2N2O4S2/c22-19-5-6-20(31-19)32(29,30)10-14(27)7-12-1-4-18(16(24)8-12)26-11-25-17-3-2-13(23)9-15(17)21(26)28/h1-6,8-9,11H,7,10H2. The van der Waals surface area contributed by atoms with E-state index >= 15 is 0 Å². The maximum atomic E-state index is 14.7. The summed E-state index contributed by atoms with van der Waals surface area (Å²) in [5.74, 6) is -2.81. The van der Waals surface area contributed by atoms with Crippen LogP contribution in [0.1, 0.15) is 5.56 Å². The van der Waals surface area contributed by atoms with Crippen LogP contribution >= 0.6 is 22.9 Å². The number of ketones is 1. The van der Waals surface area contributed by atoms with Crippen LogP contribution in [0, 0.1) is 11.6 Å². The van der Waals surface area contributed by atoms with Crippen LogP contribution in [-0.4, -0.2) is 29.5 Å². The molecule has 11 heteroatoms. The molecule has 164 valence electrons. The van der Waals surface area contributed by atoms with Gasteiger partial charge in [0.05, 0.1) is 20.9 Å². The molecule has 0 bridgehead atoms. The molecule has 0 N–H and O–H groups in total. The van der Waals surface area contributed by atoms with E-state index in [1.54, 1.807) is 0 Å². The van der Waals surface area contributed by atoms with Gasteiger partial charge in [0.15, 0.2) is 15.6 Å². The molecule has 0 aliphatic rings. The lowest BCUT2D eigenvalue weighted by Crippen LogP contribution is -2.20. The number of halogens is 3. The fourth-order valence-corrected chi connectivity index (χ4v) is 5.96. The summed E-state index contributed by atoms with van der Waals surface area (Å²) in [7, 11) is -3.84. The molecular weight excluding hydrogens is 482 g/mol. The number of carbonyl (C=O) groups excluding carboxylic acids is 1. The average molecular weight is 495 g/mol. The Bertz CT molecular complexity index is 1530. The number of benzene rings is 2. The Morgan fingerprint density at radius 1 is 1.09 bits per heavy atom. The number of hydrogen-bond acceptors (Lipinski definition) is 6. The Labute approximate surface area is 189 Å². The minimum Gasteiger partial charge on any atom is -0.298 e. The largest absolute Gasteiger partial charge is 0.298 e. The van der Waals surface area contributed by atoms with Crippen molar-refractivity contribution >= 4 is 49.5 Å². The van der Waals surface area contributed by atoms with Crippen molar-refractivity contribution < 1.29 is 22.0 Å². The number of rotatable bonds is 6. The van der Waals surface area contributed by atoms with E-state index in [1.807, 2.05) is 0 Å². The highest BCUT2D eigenvalue weighted by Crippen LogP contribution is 2.26. The van der Waals surface area contributed by atoms with Gasteiger partial charge in [-0.05, 0) is 48.0 Å². The predicted octanol–water partition coefficient (Wildman–Crippen LogP) is 3.96. The lowest BCUT2D eigenvalue weighted by molar-refractivity contribution is -0.116. The summed E-state index contributed by atoms with van der Waals surface area (Å²) in [6.07, 6.45) is 0.816. The highest BCUT2D eigenvalue weighted by molar-refractivity contribution is 7.94. The van der Waals surface area contributed by atoms with E-state index in [2.05, 4.69) is 4.98 Å². The SMILES string of the molecule is O=C(Cc1ccc(-n2cnc3ccc(F)cc3c2=O)c(F)c1)CS(=O)(=O)c1ccc(Cl)s1. The predicted molar refractivity (Wildman–Crippen MR) is 117 cm³/mol. The summed E-state index contributed by atoms with van der Waals surface area (Å²) in [5.41, 5.74) is -0.282. The van der Waals surface area contributed by atoms with E-state index in [4.69, 9.17) is 11.6 Å². The van der Waals surface area contributed by atoms with Crippen LogP contribution in [0.15, 0.2) is 63.9 Å². The molecule has 0 spiro atoms. The van der Waals surface area contributed by atoms with E-state index in [9.17, 15) is 26.8 Å². The molecule has 0 amide bonds. The van der Waals surface area contributed by atoms with Crippen molar-refractivity contribution in [3.05, 3.63) is 86.7 Å². The number of sulfone groups is 1. The molecule has 0 saturated heterocycles. The number of carbonyl (C=O) groups is 1. The second-order valence-corrected chi connectivity index (χ2v) is 10.8. The summed E-state index contributed by atoms with van der Waals surface area (Å²) < 4.78 is 54.1. The zero-order valence-electron chi connectivity index (χ0n) is 16.1. The normalized spacial score (nSPS) is 11.7. The lowest BCUT2D eigenvalue weighted by Gasteiger charge is -2.09. The van der Waals surface area contributed by atoms with Gasteiger partial charge in [0.1, 0.15) is 27.9 Å². The van der Waals surface area contributed by atoms with Crippen LogP contribution in [0.2, 0.25) is 4.34 Å². The van der Waals surface area contributed by atoms with Crippen LogP contribution in [0.25, 0.3) is 16.6 Å². The molecule has 4 rings (SSSR count). The molecule has 6 nitrogen and oxygen atoms in total. The van der Waals surface area contributed by atoms with Gasteiger partial charge in [-0.1, -0.05) is 17.7 Å². The highest BCUT2D eigenvalue weighted by Gasteiger charge is 2.22. The summed E-state index contributed by atoms with van der Waals surface area (Å²) >= 11 is 6.60. The summed E-state index contributed by atoms with van der Waals surface area (Å²) in [5, 5.41) is -0.00922. The van der Waals surface area contributed by atoms with Crippen molar-refractivity contribution in [1.82, 2.24) is 9.55 Å². The number of fused-ring (bicyclic) bond motifs is 1. The van der Waals surface area contributed by atoms with Gasteiger partial charge in [-0.15, -0.1) is 11.3 Å². The molecule has 4 aromatic rings. The van der Waals surface area contributed by atoms with Gasteiger partial charge in [-0.2, -0.15) is 0 Å². The maximum absolute atomic E-state index is 14.7. The Kier molecular flexibility index (Phi) is 5.93. The molecule has 2 aromatic heterocycles. The van der Waals surface area contributed by atoms with E-state index in [0.29, 0.717) is 0 Å². The third kappa shape index (κ3) is 4.47. The smallest absolute Gasteiger partial charge is 0.265 e. The van der Waals surface area contributed by atoms with E-state index in [-0.39, 0.29) is 37.1 Å². The van der Waals surface area contributed by atoms with Crippen molar-refractivity contribution in [1.29, 1.82) is 0 Å². The van der Waals surface area contributed by atoms with Gasteiger partial charge in [0.25, 0.3) is 5.56 Å². The third-order valence-corrected chi connectivity index (χ3v) is 8.09. The van der Waals surface area contributed by atoms with Gasteiger partial charge >= 0.3 is 0 Å². The van der Waals surface area contributed by atoms with Crippen LogP contribution < -0.4 is 5.56 Å². The van der Waals surface area contributed by atoms with Crippen molar-refractivity contribution in [2.75, 3.05) is 5.75 Å². The van der Waals surface area contributed by atoms with Gasteiger partial charge in [0, 0.05) is 6.42 Å². The fraction of sp³-hybridized carbons (Fsp3) is 0.0952. The molecule has 2 aromatic carbocycles. The fourth-order valence-electron chi connectivity index (χ4n) is 3.15. The zero-order valence-corrected chi connectivity index (χ0v) is 18.5. The Balaban J connectivity index is 1.58. The monoisotopic (exact) mass is 494 g/mol. The van der Waals surface area contributed by atoms with Crippen LogP contribution in [0.4, 0.5) is 8.78 Å². The molecule has 0 atom stereocenters. The first-order chi connectivity index (χ1) is 15.1. The molecule has 2 heterocycles. The Hall–Kier alpha value is -2.95. The van der Waals surface area contributed by atoms with Crippen molar-refractivity contribution in [2.45, 2.75) is 10.6 Å². The van der Waals surface area contributed by atoms with E-state index in [1.165, 1.54) is 36.4 Å². The molecule has 0 saturated carbocycles. The average Bonchev–Trinajstić information content (AvgIpc) is 3.16.